The van der Waals surface area contributed by atoms with E-state index in [-0.39, 0.29) is 5.69 Å². The number of rotatable bonds is 3. The number of benzene rings is 1. The van der Waals surface area contributed by atoms with Crippen LogP contribution in [-0.2, 0) is 4.74 Å². The number of hydrogen-bond acceptors (Lipinski definition) is 6. The van der Waals surface area contributed by atoms with Crippen molar-refractivity contribution in [2.75, 3.05) is 18.2 Å². The summed E-state index contributed by atoms with van der Waals surface area (Å²) in [6, 6.07) is 7.19. The van der Waals surface area contributed by atoms with Gasteiger partial charge in [0.15, 0.2) is 5.69 Å². The van der Waals surface area contributed by atoms with Crippen LogP contribution >= 0.6 is 0 Å². The van der Waals surface area contributed by atoms with Crippen LogP contribution in [-0.4, -0.2) is 23.0 Å². The van der Waals surface area contributed by atoms with Crippen molar-refractivity contribution >= 4 is 23.2 Å². The third kappa shape index (κ3) is 2.73. The van der Waals surface area contributed by atoms with E-state index in [9.17, 15) is 4.79 Å². The zero-order valence-electron chi connectivity index (χ0n) is 9.75. The predicted molar refractivity (Wildman–Crippen MR) is 67.5 cm³/mol. The van der Waals surface area contributed by atoms with Crippen molar-refractivity contribution in [2.45, 2.75) is 0 Å². The first kappa shape index (κ1) is 11.8. The average molecular weight is 244 g/mol. The molecule has 0 fully saturated rings. The quantitative estimate of drug-likeness (QED) is 0.629. The number of hydrogen-bond donors (Lipinski definition) is 2. The van der Waals surface area contributed by atoms with Gasteiger partial charge in [0, 0.05) is 11.4 Å². The Morgan fingerprint density at radius 3 is 2.94 bits per heavy atom. The van der Waals surface area contributed by atoms with Crippen molar-refractivity contribution in [3.8, 4) is 0 Å². The van der Waals surface area contributed by atoms with Gasteiger partial charge >= 0.3 is 5.97 Å². The molecule has 3 N–H and O–H groups in total. The largest absolute Gasteiger partial charge is 0.464 e. The van der Waals surface area contributed by atoms with E-state index in [2.05, 4.69) is 20.0 Å². The number of nitrogens with two attached hydrogens (primary N) is 1. The second-order valence-corrected chi connectivity index (χ2v) is 3.53. The molecule has 92 valence electrons. The topological polar surface area (TPSA) is 90.1 Å². The molecule has 0 radical (unpaired) electrons. The fourth-order valence-corrected chi connectivity index (χ4v) is 1.39. The molecular formula is C12H12N4O2. The molecule has 0 aliphatic carbocycles. The highest BCUT2D eigenvalue weighted by Gasteiger charge is 2.08. The van der Waals surface area contributed by atoms with Crippen molar-refractivity contribution in [2.24, 2.45) is 0 Å². The summed E-state index contributed by atoms with van der Waals surface area (Å²) >= 11 is 0. The van der Waals surface area contributed by atoms with E-state index in [1.165, 1.54) is 19.5 Å². The van der Waals surface area contributed by atoms with Gasteiger partial charge in [-0.2, -0.15) is 0 Å². The van der Waals surface area contributed by atoms with Gasteiger partial charge in [-0.05, 0) is 18.2 Å². The van der Waals surface area contributed by atoms with Gasteiger partial charge < -0.3 is 15.8 Å². The summed E-state index contributed by atoms with van der Waals surface area (Å²) in [5, 5.41) is 3.00. The van der Waals surface area contributed by atoms with E-state index in [0.29, 0.717) is 11.5 Å². The lowest BCUT2D eigenvalue weighted by Gasteiger charge is -2.06. The van der Waals surface area contributed by atoms with Crippen LogP contribution in [0.15, 0.2) is 36.7 Å². The smallest absolute Gasteiger partial charge is 0.358 e. The summed E-state index contributed by atoms with van der Waals surface area (Å²) in [6.45, 7) is 0. The van der Waals surface area contributed by atoms with Crippen LogP contribution < -0.4 is 11.1 Å². The van der Waals surface area contributed by atoms with Crippen molar-refractivity contribution in [3.63, 3.8) is 0 Å². The number of nitrogens with zero attached hydrogens (tertiary/aromatic N) is 2. The predicted octanol–water partition coefficient (Wildman–Crippen LogP) is 1.59. The second kappa shape index (κ2) is 5.13. The Morgan fingerprint density at radius 2 is 2.22 bits per heavy atom. The molecular weight excluding hydrogens is 232 g/mol. The Bertz CT molecular complexity index is 572. The van der Waals surface area contributed by atoms with E-state index in [1.807, 2.05) is 12.1 Å². The fourth-order valence-electron chi connectivity index (χ4n) is 1.39. The summed E-state index contributed by atoms with van der Waals surface area (Å²) in [5.41, 5.74) is 7.21. The second-order valence-electron chi connectivity index (χ2n) is 3.53. The molecule has 6 nitrogen and oxygen atoms in total. The van der Waals surface area contributed by atoms with Crippen molar-refractivity contribution in [1.29, 1.82) is 0 Å². The molecule has 1 aromatic heterocycles. The van der Waals surface area contributed by atoms with Gasteiger partial charge in [0.1, 0.15) is 5.82 Å². The number of esters is 1. The summed E-state index contributed by atoms with van der Waals surface area (Å²) in [7, 11) is 1.29. The summed E-state index contributed by atoms with van der Waals surface area (Å²) < 4.78 is 4.57. The number of nitrogen functional groups attached to an aromatic ring is 1. The molecule has 0 saturated heterocycles. The zero-order chi connectivity index (χ0) is 13.0. The van der Waals surface area contributed by atoms with E-state index >= 15 is 0 Å². The molecule has 1 heterocycles. The van der Waals surface area contributed by atoms with E-state index < -0.39 is 5.97 Å². The molecule has 0 amide bonds. The Balaban J connectivity index is 2.22. The van der Waals surface area contributed by atoms with Crippen LogP contribution in [0.1, 0.15) is 10.5 Å². The van der Waals surface area contributed by atoms with Crippen LogP contribution in [0.5, 0.6) is 0 Å². The number of carbonyl (C=O) groups is 1. The SMILES string of the molecule is COC(=O)c1cncc(Nc2cccc(N)c2)n1. The molecule has 1 aromatic carbocycles. The highest BCUT2D eigenvalue weighted by Crippen LogP contribution is 2.16. The van der Waals surface area contributed by atoms with Crippen LogP contribution in [0, 0.1) is 0 Å². The van der Waals surface area contributed by atoms with Crippen molar-refractivity contribution in [3.05, 3.63) is 42.4 Å². The minimum absolute atomic E-state index is 0.145. The van der Waals surface area contributed by atoms with Crippen molar-refractivity contribution in [1.82, 2.24) is 9.97 Å². The monoisotopic (exact) mass is 244 g/mol. The highest BCUT2D eigenvalue weighted by atomic mass is 16.5. The van der Waals surface area contributed by atoms with Gasteiger partial charge in [0.25, 0.3) is 0 Å². The maximum atomic E-state index is 11.3. The minimum atomic E-state index is -0.529. The molecule has 0 aliphatic rings. The number of carbonyl (C=O) groups excluding carboxylic acids is 1. The third-order valence-corrected chi connectivity index (χ3v) is 2.19. The van der Waals surface area contributed by atoms with Crippen LogP contribution in [0.2, 0.25) is 0 Å². The number of methoxy groups -OCH3 is 1. The number of ether oxygens (including phenoxy) is 1. The molecule has 18 heavy (non-hydrogen) atoms. The Kier molecular flexibility index (Phi) is 3.38. The molecule has 6 heteroatoms. The lowest BCUT2D eigenvalue weighted by molar-refractivity contribution is 0.0593. The fraction of sp³-hybridized carbons (Fsp3) is 0.0833. The van der Waals surface area contributed by atoms with E-state index in [1.54, 1.807) is 12.1 Å². The highest BCUT2D eigenvalue weighted by molar-refractivity contribution is 5.87. The van der Waals surface area contributed by atoms with Crippen molar-refractivity contribution < 1.29 is 9.53 Å². The van der Waals surface area contributed by atoms with Gasteiger partial charge in [0.05, 0.1) is 19.5 Å². The number of nitrogens with one attached hydrogen (secondary N) is 1. The van der Waals surface area contributed by atoms with Gasteiger partial charge in [-0.1, -0.05) is 6.07 Å². The maximum Gasteiger partial charge on any atom is 0.358 e. The van der Waals surface area contributed by atoms with E-state index in [0.717, 1.165) is 5.69 Å². The molecule has 0 spiro atoms. The molecule has 2 aromatic rings. The van der Waals surface area contributed by atoms with Crippen LogP contribution in [0.3, 0.4) is 0 Å². The van der Waals surface area contributed by atoms with E-state index in [4.69, 9.17) is 5.73 Å². The Labute approximate surface area is 104 Å². The van der Waals surface area contributed by atoms with Gasteiger partial charge in [-0.25, -0.2) is 9.78 Å². The summed E-state index contributed by atoms with van der Waals surface area (Å²) in [5.74, 6) is -0.0813. The molecule has 0 aliphatic heterocycles. The lowest BCUT2D eigenvalue weighted by atomic mass is 10.3. The minimum Gasteiger partial charge on any atom is -0.464 e. The average Bonchev–Trinajstić information content (AvgIpc) is 2.38. The summed E-state index contributed by atoms with van der Waals surface area (Å²) in [4.78, 5) is 19.3. The first-order valence-corrected chi connectivity index (χ1v) is 5.22. The van der Waals surface area contributed by atoms with Crippen LogP contribution in [0.25, 0.3) is 0 Å². The maximum absolute atomic E-state index is 11.3. The molecule has 0 atom stereocenters. The lowest BCUT2D eigenvalue weighted by Crippen LogP contribution is -2.06. The van der Waals surface area contributed by atoms with Gasteiger partial charge in [0.2, 0.25) is 0 Å². The standard InChI is InChI=1S/C12H12N4O2/c1-18-12(17)10-6-14-7-11(16-10)15-9-4-2-3-8(13)5-9/h2-7H,13H2,1H3,(H,15,16). The molecule has 2 rings (SSSR count). The molecule has 0 bridgehead atoms. The Morgan fingerprint density at radius 1 is 1.39 bits per heavy atom. The van der Waals surface area contributed by atoms with Gasteiger partial charge in [-0.15, -0.1) is 0 Å². The number of aromatic nitrogens is 2. The Hall–Kier alpha value is -2.63. The summed E-state index contributed by atoms with van der Waals surface area (Å²) in [6.07, 6.45) is 2.85. The molecule has 0 saturated carbocycles. The van der Waals surface area contributed by atoms with Crippen LogP contribution in [0.4, 0.5) is 17.2 Å². The normalized spacial score (nSPS) is 9.83. The third-order valence-electron chi connectivity index (χ3n) is 2.19. The van der Waals surface area contributed by atoms with Gasteiger partial charge in [-0.3, -0.25) is 4.98 Å². The first-order chi connectivity index (χ1) is 8.69. The number of anilines is 3. The zero-order valence-corrected chi connectivity index (χ0v) is 9.75. The first-order valence-electron chi connectivity index (χ1n) is 5.22. The molecule has 0 unspecified atom stereocenters.